The van der Waals surface area contributed by atoms with Crippen LogP contribution in [0.25, 0.3) is 0 Å². The molecule has 6 heteroatoms. The number of amides is 1. The van der Waals surface area contributed by atoms with E-state index in [4.69, 9.17) is 4.42 Å². The van der Waals surface area contributed by atoms with Gasteiger partial charge in [-0.3, -0.25) is 4.79 Å². The minimum absolute atomic E-state index is 0.122. The van der Waals surface area contributed by atoms with Crippen LogP contribution < -0.4 is 10.2 Å². The number of carbonyl (C=O) groups is 1. The second-order valence-corrected chi connectivity index (χ2v) is 7.06. The Kier molecular flexibility index (Phi) is 5.97. The lowest BCUT2D eigenvalue weighted by Gasteiger charge is -2.15. The number of nitrogens with zero attached hydrogens (tertiary/aromatic N) is 2. The standard InChI is InChI=1S/C22H24N4O2/c1-16-17(2)26(14-19-10-7-11-28-19)22(20(16)12-23)24-21(27)15-25(3)13-18-8-5-4-6-9-18/h4-11H,13-15H2,1-3H3,(H,24,27)/p+1. The molecule has 3 rings (SSSR count). The van der Waals surface area contributed by atoms with Crippen LogP contribution >= 0.6 is 0 Å². The first-order chi connectivity index (χ1) is 13.5. The molecule has 0 fully saturated rings. The van der Waals surface area contributed by atoms with Gasteiger partial charge in [-0.15, -0.1) is 0 Å². The number of nitrogens with one attached hydrogen (secondary N) is 2. The third-order valence-electron chi connectivity index (χ3n) is 4.90. The van der Waals surface area contributed by atoms with E-state index in [2.05, 4.69) is 23.5 Å². The fourth-order valence-corrected chi connectivity index (χ4v) is 3.34. The van der Waals surface area contributed by atoms with Crippen LogP contribution in [0.4, 0.5) is 5.82 Å². The van der Waals surface area contributed by atoms with Crippen molar-refractivity contribution >= 4 is 11.7 Å². The zero-order chi connectivity index (χ0) is 20.1. The van der Waals surface area contributed by atoms with E-state index in [-0.39, 0.29) is 5.91 Å². The van der Waals surface area contributed by atoms with Crippen LogP contribution in [0.5, 0.6) is 0 Å². The molecule has 0 bridgehead atoms. The van der Waals surface area contributed by atoms with Crippen LogP contribution in [0.15, 0.2) is 53.1 Å². The second-order valence-electron chi connectivity index (χ2n) is 7.06. The van der Waals surface area contributed by atoms with Gasteiger partial charge in [0, 0.05) is 11.3 Å². The van der Waals surface area contributed by atoms with E-state index >= 15 is 0 Å². The fourth-order valence-electron chi connectivity index (χ4n) is 3.34. The third kappa shape index (κ3) is 4.33. The van der Waals surface area contributed by atoms with Crippen LogP contribution in [0.2, 0.25) is 0 Å². The Bertz CT molecular complexity index is 982. The van der Waals surface area contributed by atoms with Gasteiger partial charge in [0.2, 0.25) is 0 Å². The molecular weight excluding hydrogens is 352 g/mol. The number of hydrogen-bond donors (Lipinski definition) is 2. The quantitative estimate of drug-likeness (QED) is 0.663. The first-order valence-corrected chi connectivity index (χ1v) is 9.26. The van der Waals surface area contributed by atoms with Crippen molar-refractivity contribution in [2.75, 3.05) is 18.9 Å². The average Bonchev–Trinajstić information content (AvgIpc) is 3.25. The number of anilines is 1. The van der Waals surface area contributed by atoms with Crippen LogP contribution in [-0.2, 0) is 17.9 Å². The lowest BCUT2D eigenvalue weighted by molar-refractivity contribution is -0.885. The Labute approximate surface area is 165 Å². The van der Waals surface area contributed by atoms with Gasteiger partial charge in [0.15, 0.2) is 6.54 Å². The predicted molar refractivity (Wildman–Crippen MR) is 107 cm³/mol. The molecule has 1 aromatic carbocycles. The van der Waals surface area contributed by atoms with E-state index in [1.165, 1.54) is 5.56 Å². The molecule has 2 N–H and O–H groups in total. The van der Waals surface area contributed by atoms with E-state index in [1.807, 2.05) is 55.8 Å². The molecule has 0 aliphatic heterocycles. The van der Waals surface area contributed by atoms with Crippen molar-refractivity contribution in [1.29, 1.82) is 5.26 Å². The number of quaternary nitrogens is 1. The molecule has 0 aliphatic carbocycles. The lowest BCUT2D eigenvalue weighted by atomic mass is 10.2. The van der Waals surface area contributed by atoms with Crippen LogP contribution in [0.1, 0.15) is 28.1 Å². The minimum Gasteiger partial charge on any atom is -0.467 e. The molecular formula is C22H25N4O2+. The fraction of sp³-hybridized carbons (Fsp3) is 0.273. The van der Waals surface area contributed by atoms with Gasteiger partial charge < -0.3 is 19.2 Å². The molecule has 0 radical (unpaired) electrons. The maximum absolute atomic E-state index is 12.7. The molecule has 0 spiro atoms. The predicted octanol–water partition coefficient (Wildman–Crippen LogP) is 2.27. The maximum atomic E-state index is 12.7. The normalized spacial score (nSPS) is 11.8. The highest BCUT2D eigenvalue weighted by molar-refractivity contribution is 5.92. The van der Waals surface area contributed by atoms with Gasteiger partial charge >= 0.3 is 0 Å². The van der Waals surface area contributed by atoms with Gasteiger partial charge in [-0.05, 0) is 31.5 Å². The van der Waals surface area contributed by atoms with Gasteiger partial charge in [0.25, 0.3) is 5.91 Å². The van der Waals surface area contributed by atoms with Gasteiger partial charge in [-0.2, -0.15) is 5.26 Å². The van der Waals surface area contributed by atoms with Crippen LogP contribution in [-0.4, -0.2) is 24.1 Å². The van der Waals surface area contributed by atoms with Crippen molar-refractivity contribution in [3.8, 4) is 6.07 Å². The van der Waals surface area contributed by atoms with E-state index < -0.39 is 0 Å². The van der Waals surface area contributed by atoms with Crippen LogP contribution in [0.3, 0.4) is 0 Å². The van der Waals surface area contributed by atoms with Gasteiger partial charge in [-0.1, -0.05) is 30.3 Å². The molecule has 1 atom stereocenters. The first-order valence-electron chi connectivity index (χ1n) is 9.26. The maximum Gasteiger partial charge on any atom is 0.280 e. The Balaban J connectivity index is 1.76. The Morgan fingerprint density at radius 1 is 1.21 bits per heavy atom. The van der Waals surface area contributed by atoms with Gasteiger partial charge in [-0.25, -0.2) is 0 Å². The van der Waals surface area contributed by atoms with Crippen molar-refractivity contribution in [3.05, 3.63) is 76.9 Å². The lowest BCUT2D eigenvalue weighted by Crippen LogP contribution is -3.08. The molecule has 1 unspecified atom stereocenters. The molecule has 6 nitrogen and oxygen atoms in total. The molecule has 1 amide bonds. The molecule has 0 aliphatic rings. The molecule has 0 saturated heterocycles. The molecule has 0 saturated carbocycles. The summed E-state index contributed by atoms with van der Waals surface area (Å²) in [6.07, 6.45) is 1.62. The zero-order valence-electron chi connectivity index (χ0n) is 16.5. The number of likely N-dealkylation sites (N-methyl/N-ethyl adjacent to an activating group) is 1. The second kappa shape index (κ2) is 8.59. The summed E-state index contributed by atoms with van der Waals surface area (Å²) in [5, 5.41) is 12.6. The van der Waals surface area contributed by atoms with Crippen molar-refractivity contribution < 1.29 is 14.1 Å². The Morgan fingerprint density at radius 3 is 2.61 bits per heavy atom. The van der Waals surface area contributed by atoms with E-state index in [9.17, 15) is 10.1 Å². The van der Waals surface area contributed by atoms with E-state index in [0.29, 0.717) is 24.5 Å². The summed E-state index contributed by atoms with van der Waals surface area (Å²) in [6, 6.07) is 16.0. The number of carbonyl (C=O) groups excluding carboxylic acids is 1. The highest BCUT2D eigenvalue weighted by Crippen LogP contribution is 2.27. The topological polar surface area (TPSA) is 75.4 Å². The number of furan rings is 1. The summed E-state index contributed by atoms with van der Waals surface area (Å²) in [7, 11) is 1.98. The molecule has 144 valence electrons. The summed E-state index contributed by atoms with van der Waals surface area (Å²) in [5.41, 5.74) is 3.49. The summed E-state index contributed by atoms with van der Waals surface area (Å²) in [4.78, 5) is 13.7. The number of nitriles is 1. The number of benzene rings is 1. The summed E-state index contributed by atoms with van der Waals surface area (Å²) in [6.45, 7) is 5.37. The first kappa shape index (κ1) is 19.5. The van der Waals surface area contributed by atoms with Gasteiger partial charge in [0.05, 0.1) is 25.4 Å². The molecule has 2 aromatic heterocycles. The Hall–Kier alpha value is -3.30. The zero-order valence-corrected chi connectivity index (χ0v) is 16.5. The summed E-state index contributed by atoms with van der Waals surface area (Å²) < 4.78 is 7.37. The molecule has 2 heterocycles. The van der Waals surface area contributed by atoms with Crippen molar-refractivity contribution in [1.82, 2.24) is 4.57 Å². The van der Waals surface area contributed by atoms with Crippen LogP contribution in [0, 0.1) is 25.2 Å². The third-order valence-corrected chi connectivity index (χ3v) is 4.90. The summed E-state index contributed by atoms with van der Waals surface area (Å²) in [5.74, 6) is 1.18. The van der Waals surface area contributed by atoms with Crippen molar-refractivity contribution in [3.63, 3.8) is 0 Å². The van der Waals surface area contributed by atoms with Gasteiger partial charge in [0.1, 0.15) is 24.2 Å². The van der Waals surface area contributed by atoms with E-state index in [1.54, 1.807) is 6.26 Å². The number of hydrogen-bond acceptors (Lipinski definition) is 3. The number of rotatable bonds is 7. The largest absolute Gasteiger partial charge is 0.467 e. The highest BCUT2D eigenvalue weighted by Gasteiger charge is 2.21. The monoisotopic (exact) mass is 377 g/mol. The van der Waals surface area contributed by atoms with Crippen molar-refractivity contribution in [2.45, 2.75) is 26.9 Å². The van der Waals surface area contributed by atoms with E-state index in [0.717, 1.165) is 28.5 Å². The molecule has 28 heavy (non-hydrogen) atoms. The smallest absolute Gasteiger partial charge is 0.280 e. The molecule has 3 aromatic rings. The average molecular weight is 377 g/mol. The minimum atomic E-state index is -0.122. The summed E-state index contributed by atoms with van der Waals surface area (Å²) >= 11 is 0. The van der Waals surface area contributed by atoms with Crippen molar-refractivity contribution in [2.24, 2.45) is 0 Å². The SMILES string of the molecule is Cc1c(C#N)c(NC(=O)C[NH+](C)Cc2ccccc2)n(Cc2ccco2)c1C. The highest BCUT2D eigenvalue weighted by atomic mass is 16.3. The number of aromatic nitrogens is 1. The Morgan fingerprint density at radius 2 is 1.96 bits per heavy atom.